The molecule has 110 valence electrons. The molecule has 0 aliphatic heterocycles. The molecule has 2 heteroatoms. The van der Waals surface area contributed by atoms with Crippen molar-refractivity contribution in [2.75, 3.05) is 6.54 Å². The van der Waals surface area contributed by atoms with Crippen LogP contribution in [0.25, 0.3) is 0 Å². The first-order chi connectivity index (χ1) is 9.74. The molecule has 2 rings (SSSR count). The molecule has 1 aromatic carbocycles. The molecule has 1 aliphatic rings. The molecule has 1 aliphatic carbocycles. The molecular weight excluding hydrogens is 246 g/mol. The zero-order valence-corrected chi connectivity index (χ0v) is 12.6. The zero-order chi connectivity index (χ0) is 14.4. The lowest BCUT2D eigenvalue weighted by Gasteiger charge is -2.29. The van der Waals surface area contributed by atoms with Crippen molar-refractivity contribution < 1.29 is 4.79 Å². The molecule has 0 fully saturated rings. The Kier molecular flexibility index (Phi) is 5.78. The third-order valence-corrected chi connectivity index (χ3v) is 4.54. The maximum atomic E-state index is 12.1. The highest BCUT2D eigenvalue weighted by atomic mass is 16.1. The van der Waals surface area contributed by atoms with Crippen molar-refractivity contribution in [1.82, 2.24) is 0 Å². The van der Waals surface area contributed by atoms with Gasteiger partial charge in [-0.25, -0.2) is 0 Å². The first-order valence-electron chi connectivity index (χ1n) is 8.04. The third-order valence-electron chi connectivity index (χ3n) is 4.54. The van der Waals surface area contributed by atoms with Gasteiger partial charge in [0.2, 0.25) is 0 Å². The van der Waals surface area contributed by atoms with Crippen LogP contribution in [0, 0.1) is 5.92 Å². The van der Waals surface area contributed by atoms with Gasteiger partial charge in [-0.1, -0.05) is 44.0 Å². The smallest absolute Gasteiger partial charge is 0.133 e. The van der Waals surface area contributed by atoms with Crippen LogP contribution >= 0.6 is 0 Å². The maximum Gasteiger partial charge on any atom is 0.133 e. The molecule has 2 N–H and O–H groups in total. The number of ketones is 1. The summed E-state index contributed by atoms with van der Waals surface area (Å²) in [6.45, 7) is 2.95. The van der Waals surface area contributed by atoms with E-state index in [4.69, 9.17) is 5.73 Å². The van der Waals surface area contributed by atoms with E-state index in [0.29, 0.717) is 17.6 Å². The molecule has 0 radical (unpaired) electrons. The highest BCUT2D eigenvalue weighted by Crippen LogP contribution is 2.37. The molecule has 1 aromatic rings. The summed E-state index contributed by atoms with van der Waals surface area (Å²) in [5, 5.41) is 0. The fourth-order valence-corrected chi connectivity index (χ4v) is 3.36. The van der Waals surface area contributed by atoms with Gasteiger partial charge in [0.25, 0.3) is 0 Å². The molecule has 0 heterocycles. The Morgan fingerprint density at radius 1 is 1.30 bits per heavy atom. The van der Waals surface area contributed by atoms with Gasteiger partial charge in [0, 0.05) is 12.8 Å². The van der Waals surface area contributed by atoms with Gasteiger partial charge in [0.05, 0.1) is 0 Å². The summed E-state index contributed by atoms with van der Waals surface area (Å²) < 4.78 is 0. The number of nitrogens with two attached hydrogens (primary N) is 1. The van der Waals surface area contributed by atoms with Crippen molar-refractivity contribution in [1.29, 1.82) is 0 Å². The molecule has 2 unspecified atom stereocenters. The van der Waals surface area contributed by atoms with Crippen molar-refractivity contribution in [3.63, 3.8) is 0 Å². The molecule has 2 atom stereocenters. The average Bonchev–Trinajstić information content (AvgIpc) is 2.43. The number of Topliss-reactive ketones (excluding diaryl/α,β-unsaturated/α-hetero) is 1. The normalized spacial score (nSPS) is 18.2. The Bertz CT molecular complexity index is 435. The van der Waals surface area contributed by atoms with Crippen molar-refractivity contribution in [3.05, 3.63) is 35.4 Å². The predicted octanol–water partition coefficient (Wildman–Crippen LogP) is 3.83. The Morgan fingerprint density at radius 2 is 2.10 bits per heavy atom. The van der Waals surface area contributed by atoms with E-state index in [2.05, 4.69) is 31.2 Å². The zero-order valence-electron chi connectivity index (χ0n) is 12.6. The van der Waals surface area contributed by atoms with Gasteiger partial charge in [0.15, 0.2) is 0 Å². The Balaban J connectivity index is 1.74. The quantitative estimate of drug-likeness (QED) is 0.743. The number of hydrogen-bond donors (Lipinski definition) is 1. The van der Waals surface area contributed by atoms with E-state index >= 15 is 0 Å². The van der Waals surface area contributed by atoms with Gasteiger partial charge in [-0.05, 0) is 48.8 Å². The minimum atomic E-state index is 0.433. The Hall–Kier alpha value is -1.15. The first kappa shape index (κ1) is 15.2. The minimum Gasteiger partial charge on any atom is -0.330 e. The largest absolute Gasteiger partial charge is 0.330 e. The fourth-order valence-electron chi connectivity index (χ4n) is 3.36. The van der Waals surface area contributed by atoms with E-state index in [1.54, 1.807) is 0 Å². The van der Waals surface area contributed by atoms with Crippen LogP contribution in [0.1, 0.15) is 62.5 Å². The van der Waals surface area contributed by atoms with Crippen LogP contribution in [0.15, 0.2) is 24.3 Å². The summed E-state index contributed by atoms with van der Waals surface area (Å²) in [6.07, 6.45) is 7.04. The number of carbonyl (C=O) groups is 1. The van der Waals surface area contributed by atoms with Crippen molar-refractivity contribution in [3.8, 4) is 0 Å². The highest BCUT2D eigenvalue weighted by molar-refractivity contribution is 5.79. The molecule has 0 aromatic heterocycles. The molecule has 2 nitrogen and oxygen atoms in total. The maximum absolute atomic E-state index is 12.1. The Morgan fingerprint density at radius 3 is 2.80 bits per heavy atom. The lowest BCUT2D eigenvalue weighted by atomic mass is 9.74. The summed E-state index contributed by atoms with van der Waals surface area (Å²) in [6, 6.07) is 8.51. The number of rotatable bonds is 9. The number of hydrogen-bond acceptors (Lipinski definition) is 2. The van der Waals surface area contributed by atoms with Crippen LogP contribution in [-0.4, -0.2) is 12.3 Å². The van der Waals surface area contributed by atoms with Crippen LogP contribution in [0.3, 0.4) is 0 Å². The van der Waals surface area contributed by atoms with E-state index < -0.39 is 0 Å². The van der Waals surface area contributed by atoms with E-state index in [1.807, 2.05) is 0 Å². The van der Waals surface area contributed by atoms with Gasteiger partial charge in [0.1, 0.15) is 5.78 Å². The molecule has 0 bridgehead atoms. The van der Waals surface area contributed by atoms with E-state index in [9.17, 15) is 4.79 Å². The number of fused-ring (bicyclic) bond motifs is 1. The van der Waals surface area contributed by atoms with E-state index in [1.165, 1.54) is 24.0 Å². The first-order valence-corrected chi connectivity index (χ1v) is 8.04. The molecule has 0 saturated heterocycles. The molecule has 0 amide bonds. The summed E-state index contributed by atoms with van der Waals surface area (Å²) in [4.78, 5) is 12.1. The van der Waals surface area contributed by atoms with E-state index in [-0.39, 0.29) is 0 Å². The van der Waals surface area contributed by atoms with Crippen molar-refractivity contribution in [2.45, 2.75) is 57.8 Å². The van der Waals surface area contributed by atoms with Gasteiger partial charge < -0.3 is 5.73 Å². The van der Waals surface area contributed by atoms with Crippen LogP contribution in [0.2, 0.25) is 0 Å². The lowest BCUT2D eigenvalue weighted by Crippen LogP contribution is -2.20. The minimum absolute atomic E-state index is 0.433. The summed E-state index contributed by atoms with van der Waals surface area (Å²) in [7, 11) is 0. The summed E-state index contributed by atoms with van der Waals surface area (Å²) >= 11 is 0. The average molecular weight is 273 g/mol. The summed E-state index contributed by atoms with van der Waals surface area (Å²) in [5.74, 6) is 1.56. The third kappa shape index (κ3) is 3.92. The molecule has 0 spiro atoms. The molecule has 20 heavy (non-hydrogen) atoms. The predicted molar refractivity (Wildman–Crippen MR) is 83.8 cm³/mol. The van der Waals surface area contributed by atoms with Crippen LogP contribution in [0.4, 0.5) is 0 Å². The van der Waals surface area contributed by atoms with Gasteiger partial charge in [-0.3, -0.25) is 4.79 Å². The highest BCUT2D eigenvalue weighted by Gasteiger charge is 2.27. The van der Waals surface area contributed by atoms with Gasteiger partial charge >= 0.3 is 0 Å². The Labute approximate surface area is 122 Å². The number of benzene rings is 1. The fraction of sp³-hybridized carbons (Fsp3) is 0.611. The van der Waals surface area contributed by atoms with E-state index in [0.717, 1.165) is 38.6 Å². The molecular formula is C18H27NO. The molecule has 0 saturated carbocycles. The second kappa shape index (κ2) is 7.58. The van der Waals surface area contributed by atoms with Crippen molar-refractivity contribution >= 4 is 5.78 Å². The van der Waals surface area contributed by atoms with Crippen molar-refractivity contribution in [2.24, 2.45) is 11.7 Å². The lowest BCUT2D eigenvalue weighted by molar-refractivity contribution is -0.119. The second-order valence-corrected chi connectivity index (χ2v) is 6.11. The standard InChI is InChI=1S/C18H27NO/c1-2-5-14(10-11-19)8-9-17(20)13-16-12-15-6-3-4-7-18(15)16/h3-4,6-7,14,16H,2,5,8-13,19H2,1H3. The van der Waals surface area contributed by atoms with Crippen LogP contribution < -0.4 is 5.73 Å². The topological polar surface area (TPSA) is 43.1 Å². The second-order valence-electron chi connectivity index (χ2n) is 6.11. The monoisotopic (exact) mass is 273 g/mol. The SMILES string of the molecule is CCCC(CCN)CCC(=O)CC1Cc2ccccc21. The van der Waals surface area contributed by atoms with Gasteiger partial charge in [-0.2, -0.15) is 0 Å². The summed E-state index contributed by atoms with van der Waals surface area (Å²) in [5.41, 5.74) is 8.47. The van der Waals surface area contributed by atoms with Crippen LogP contribution in [-0.2, 0) is 11.2 Å². The number of carbonyl (C=O) groups excluding carboxylic acids is 1. The van der Waals surface area contributed by atoms with Gasteiger partial charge in [-0.15, -0.1) is 0 Å². The van der Waals surface area contributed by atoms with Crippen LogP contribution in [0.5, 0.6) is 0 Å².